The molecule has 2 heteroatoms. The number of aliphatic hydroxyl groups excluding tert-OH is 1. The molecular weight excluding hydrogens is 318 g/mol. The average molecular weight is 343 g/mol. The van der Waals surface area contributed by atoms with Gasteiger partial charge < -0.3 is 10.4 Å². The molecule has 0 aliphatic rings. The number of rotatable bonds is 7. The second-order valence-corrected chi connectivity index (χ2v) is 6.59. The summed E-state index contributed by atoms with van der Waals surface area (Å²) in [6.45, 7) is 7.02. The van der Waals surface area contributed by atoms with Gasteiger partial charge >= 0.3 is 0 Å². The fourth-order valence-corrected chi connectivity index (χ4v) is 3.04. The molecule has 0 heterocycles. The third-order valence-corrected chi connectivity index (χ3v) is 4.62. The van der Waals surface area contributed by atoms with E-state index in [0.29, 0.717) is 6.54 Å². The van der Waals surface area contributed by atoms with Crippen molar-refractivity contribution in [3.05, 3.63) is 114 Å². The van der Waals surface area contributed by atoms with E-state index in [2.05, 4.69) is 55.2 Å². The Morgan fingerprint density at radius 2 is 1.46 bits per heavy atom. The standard InChI is InChI=1S/C24H25NO/c1-18-13-15-21(16-14-18)19(2)23(24(26)22-11-7-4-8-12-22)25-17-20-9-5-3-6-10-20/h3-16,23-26H,2,17H2,1H3/t23-,24+/m1/s1. The van der Waals surface area contributed by atoms with E-state index in [1.165, 1.54) is 11.1 Å². The zero-order chi connectivity index (χ0) is 18.4. The number of hydrogen-bond acceptors (Lipinski definition) is 2. The first-order chi connectivity index (χ1) is 12.6. The highest BCUT2D eigenvalue weighted by Crippen LogP contribution is 2.27. The SMILES string of the molecule is C=C(c1ccc(C)cc1)[C@@H](NCc1ccccc1)[C@@H](O)c1ccccc1. The first-order valence-electron chi connectivity index (χ1n) is 8.91. The van der Waals surface area contributed by atoms with Crippen molar-refractivity contribution < 1.29 is 5.11 Å². The van der Waals surface area contributed by atoms with Crippen molar-refractivity contribution in [2.75, 3.05) is 0 Å². The van der Waals surface area contributed by atoms with Gasteiger partial charge in [0.25, 0.3) is 0 Å². The molecule has 0 saturated heterocycles. The summed E-state index contributed by atoms with van der Waals surface area (Å²) in [5.74, 6) is 0. The molecule has 132 valence electrons. The van der Waals surface area contributed by atoms with Crippen LogP contribution in [0.1, 0.15) is 28.4 Å². The molecule has 0 radical (unpaired) electrons. The van der Waals surface area contributed by atoms with Gasteiger partial charge in [-0.05, 0) is 29.2 Å². The molecule has 0 aliphatic carbocycles. The number of aliphatic hydroxyl groups is 1. The average Bonchev–Trinajstić information content (AvgIpc) is 2.70. The molecule has 0 bridgehead atoms. The molecule has 2 N–H and O–H groups in total. The van der Waals surface area contributed by atoms with E-state index in [9.17, 15) is 5.11 Å². The topological polar surface area (TPSA) is 32.3 Å². The van der Waals surface area contributed by atoms with Gasteiger partial charge in [-0.25, -0.2) is 0 Å². The van der Waals surface area contributed by atoms with Crippen molar-refractivity contribution in [2.45, 2.75) is 25.6 Å². The molecule has 2 nitrogen and oxygen atoms in total. The van der Waals surface area contributed by atoms with E-state index in [1.807, 2.05) is 48.5 Å². The molecular formula is C24H25NO. The van der Waals surface area contributed by atoms with Crippen LogP contribution in [0, 0.1) is 6.92 Å². The summed E-state index contributed by atoms with van der Waals surface area (Å²) in [5, 5.41) is 14.5. The Morgan fingerprint density at radius 3 is 2.08 bits per heavy atom. The van der Waals surface area contributed by atoms with Gasteiger partial charge in [0.05, 0.1) is 12.1 Å². The van der Waals surface area contributed by atoms with Crippen LogP contribution in [0.25, 0.3) is 5.57 Å². The van der Waals surface area contributed by atoms with Gasteiger partial charge in [-0.15, -0.1) is 0 Å². The van der Waals surface area contributed by atoms with Crippen LogP contribution >= 0.6 is 0 Å². The minimum atomic E-state index is -0.672. The van der Waals surface area contributed by atoms with E-state index in [1.54, 1.807) is 0 Å². The molecule has 3 aromatic carbocycles. The van der Waals surface area contributed by atoms with E-state index in [-0.39, 0.29) is 6.04 Å². The Bertz CT molecular complexity index is 825. The van der Waals surface area contributed by atoms with Crippen molar-refractivity contribution in [1.29, 1.82) is 0 Å². The second kappa shape index (κ2) is 8.61. The van der Waals surface area contributed by atoms with Gasteiger partial charge in [-0.3, -0.25) is 0 Å². The predicted molar refractivity (Wildman–Crippen MR) is 109 cm³/mol. The van der Waals surface area contributed by atoms with Gasteiger partial charge in [-0.2, -0.15) is 0 Å². The van der Waals surface area contributed by atoms with Gasteiger partial charge in [-0.1, -0.05) is 97.1 Å². The summed E-state index contributed by atoms with van der Waals surface area (Å²) in [4.78, 5) is 0. The maximum Gasteiger partial charge on any atom is 0.0984 e. The van der Waals surface area contributed by atoms with Crippen LogP contribution in [0.4, 0.5) is 0 Å². The quantitative estimate of drug-likeness (QED) is 0.639. The molecule has 26 heavy (non-hydrogen) atoms. The second-order valence-electron chi connectivity index (χ2n) is 6.59. The Kier molecular flexibility index (Phi) is 6.00. The van der Waals surface area contributed by atoms with E-state index < -0.39 is 6.10 Å². The van der Waals surface area contributed by atoms with Crippen LogP contribution in [0.5, 0.6) is 0 Å². The summed E-state index contributed by atoms with van der Waals surface area (Å²) in [7, 11) is 0. The lowest BCUT2D eigenvalue weighted by Gasteiger charge is -2.27. The summed E-state index contributed by atoms with van der Waals surface area (Å²) in [5.41, 5.74) is 5.19. The fourth-order valence-electron chi connectivity index (χ4n) is 3.04. The van der Waals surface area contributed by atoms with Crippen LogP contribution in [0.3, 0.4) is 0 Å². The van der Waals surface area contributed by atoms with Crippen molar-refractivity contribution in [3.63, 3.8) is 0 Å². The third-order valence-electron chi connectivity index (χ3n) is 4.62. The highest BCUT2D eigenvalue weighted by atomic mass is 16.3. The van der Waals surface area contributed by atoms with Crippen molar-refractivity contribution >= 4 is 5.57 Å². The first-order valence-corrected chi connectivity index (χ1v) is 8.91. The highest BCUT2D eigenvalue weighted by molar-refractivity contribution is 5.68. The lowest BCUT2D eigenvalue weighted by molar-refractivity contribution is 0.150. The number of aryl methyl sites for hydroxylation is 1. The van der Waals surface area contributed by atoms with Gasteiger partial charge in [0.15, 0.2) is 0 Å². The maximum atomic E-state index is 11.0. The summed E-state index contributed by atoms with van der Waals surface area (Å²) in [6.07, 6.45) is -0.672. The lowest BCUT2D eigenvalue weighted by Crippen LogP contribution is -2.35. The molecule has 0 amide bonds. The maximum absolute atomic E-state index is 11.0. The van der Waals surface area contributed by atoms with Crippen LogP contribution in [0.15, 0.2) is 91.5 Å². The van der Waals surface area contributed by atoms with Crippen LogP contribution in [-0.4, -0.2) is 11.1 Å². The van der Waals surface area contributed by atoms with Crippen molar-refractivity contribution in [3.8, 4) is 0 Å². The van der Waals surface area contributed by atoms with Gasteiger partial charge in [0.1, 0.15) is 0 Å². The molecule has 0 fully saturated rings. The Balaban J connectivity index is 1.85. The summed E-state index contributed by atoms with van der Waals surface area (Å²) >= 11 is 0. The Morgan fingerprint density at radius 1 is 0.885 bits per heavy atom. The Labute approximate surface area is 155 Å². The summed E-state index contributed by atoms with van der Waals surface area (Å²) in [6, 6.07) is 27.9. The van der Waals surface area contributed by atoms with Gasteiger partial charge in [0.2, 0.25) is 0 Å². The number of benzene rings is 3. The van der Waals surface area contributed by atoms with E-state index in [0.717, 1.165) is 16.7 Å². The monoisotopic (exact) mass is 343 g/mol. The van der Waals surface area contributed by atoms with Crippen LogP contribution in [-0.2, 0) is 6.54 Å². The fraction of sp³-hybridized carbons (Fsp3) is 0.167. The van der Waals surface area contributed by atoms with E-state index in [4.69, 9.17) is 0 Å². The molecule has 0 saturated carbocycles. The van der Waals surface area contributed by atoms with Gasteiger partial charge in [0, 0.05) is 6.54 Å². The molecule has 0 unspecified atom stereocenters. The highest BCUT2D eigenvalue weighted by Gasteiger charge is 2.24. The van der Waals surface area contributed by atoms with Crippen molar-refractivity contribution in [2.24, 2.45) is 0 Å². The smallest absolute Gasteiger partial charge is 0.0984 e. The van der Waals surface area contributed by atoms with Crippen molar-refractivity contribution in [1.82, 2.24) is 5.32 Å². The molecule has 0 aliphatic heterocycles. The number of nitrogens with one attached hydrogen (secondary N) is 1. The minimum absolute atomic E-state index is 0.277. The minimum Gasteiger partial charge on any atom is -0.386 e. The third kappa shape index (κ3) is 4.48. The largest absolute Gasteiger partial charge is 0.386 e. The number of hydrogen-bond donors (Lipinski definition) is 2. The molecule has 3 rings (SSSR count). The first kappa shape index (κ1) is 18.1. The van der Waals surface area contributed by atoms with Crippen LogP contribution < -0.4 is 5.32 Å². The normalized spacial score (nSPS) is 13.2. The molecule has 3 aromatic rings. The predicted octanol–water partition coefficient (Wildman–Crippen LogP) is 4.90. The zero-order valence-electron chi connectivity index (χ0n) is 15.1. The molecule has 0 aromatic heterocycles. The van der Waals surface area contributed by atoms with E-state index >= 15 is 0 Å². The molecule has 2 atom stereocenters. The van der Waals surface area contributed by atoms with Crippen LogP contribution in [0.2, 0.25) is 0 Å². The summed E-state index contributed by atoms with van der Waals surface area (Å²) < 4.78 is 0. The zero-order valence-corrected chi connectivity index (χ0v) is 15.1. The molecule has 0 spiro atoms. The Hall–Kier alpha value is -2.68. The lowest BCUT2D eigenvalue weighted by atomic mass is 9.91.